The Kier molecular flexibility index (Phi) is 2.44. The Bertz CT molecular complexity index is 531. The van der Waals surface area contributed by atoms with E-state index >= 15 is 0 Å². The molecule has 1 N–H and O–H groups in total. The molecule has 5 heteroatoms. The summed E-state index contributed by atoms with van der Waals surface area (Å²) in [6.07, 6.45) is 0. The van der Waals surface area contributed by atoms with Crippen molar-refractivity contribution in [3.63, 3.8) is 0 Å². The number of hydrogen-bond acceptors (Lipinski definition) is 4. The lowest BCUT2D eigenvalue weighted by Crippen LogP contribution is -2.23. The van der Waals surface area contributed by atoms with Crippen LogP contribution in [0.4, 0.5) is 0 Å². The van der Waals surface area contributed by atoms with Gasteiger partial charge in [-0.15, -0.1) is 0 Å². The van der Waals surface area contributed by atoms with Crippen molar-refractivity contribution >= 4 is 23.2 Å². The highest BCUT2D eigenvalue weighted by atomic mass is 35.5. The lowest BCUT2D eigenvalue weighted by molar-refractivity contribution is 0.0855. The highest BCUT2D eigenvalue weighted by Crippen LogP contribution is 2.30. The molecular formula is C11H7ClO4. The van der Waals surface area contributed by atoms with Gasteiger partial charge in [0.25, 0.3) is 0 Å². The molecule has 0 bridgehead atoms. The van der Waals surface area contributed by atoms with Crippen molar-refractivity contribution in [2.24, 2.45) is 0 Å². The standard InChI is InChI=1S/C11H7ClO4/c1-16-11-9(14)7-5(8(13)10(11)15)3-2-4-6(7)12/h2-4,15H,1H3. The second kappa shape index (κ2) is 3.64. The second-order valence-electron chi connectivity index (χ2n) is 3.20. The Morgan fingerprint density at radius 3 is 2.56 bits per heavy atom. The van der Waals surface area contributed by atoms with Gasteiger partial charge in [-0.25, -0.2) is 0 Å². The van der Waals surface area contributed by atoms with Gasteiger partial charge in [0.1, 0.15) is 0 Å². The minimum Gasteiger partial charge on any atom is -0.501 e. The van der Waals surface area contributed by atoms with Crippen molar-refractivity contribution in [1.29, 1.82) is 0 Å². The molecule has 1 aliphatic rings. The first-order valence-corrected chi connectivity index (χ1v) is 4.81. The molecule has 1 aliphatic carbocycles. The number of carbonyl (C=O) groups excluding carboxylic acids is 2. The molecule has 0 heterocycles. The number of halogens is 1. The molecule has 2 rings (SSSR count). The van der Waals surface area contributed by atoms with Crippen molar-refractivity contribution in [1.82, 2.24) is 0 Å². The number of aliphatic hydroxyl groups is 1. The van der Waals surface area contributed by atoms with E-state index in [1.807, 2.05) is 0 Å². The van der Waals surface area contributed by atoms with Crippen molar-refractivity contribution < 1.29 is 19.4 Å². The third kappa shape index (κ3) is 1.31. The Balaban J connectivity index is 2.75. The number of allylic oxidation sites excluding steroid dienone is 2. The van der Waals surface area contributed by atoms with Crippen LogP contribution in [-0.2, 0) is 4.74 Å². The van der Waals surface area contributed by atoms with Crippen LogP contribution in [0.1, 0.15) is 20.7 Å². The first kappa shape index (κ1) is 10.7. The summed E-state index contributed by atoms with van der Waals surface area (Å²) in [5.41, 5.74) is 0.166. The zero-order valence-corrected chi connectivity index (χ0v) is 9.04. The highest BCUT2D eigenvalue weighted by molar-refractivity contribution is 6.38. The summed E-state index contributed by atoms with van der Waals surface area (Å²) in [5.74, 6) is -2.29. The number of rotatable bonds is 1. The summed E-state index contributed by atoms with van der Waals surface area (Å²) in [6, 6.07) is 4.47. The van der Waals surface area contributed by atoms with Gasteiger partial charge in [-0.3, -0.25) is 9.59 Å². The zero-order valence-electron chi connectivity index (χ0n) is 8.28. The van der Waals surface area contributed by atoms with Gasteiger partial charge in [-0.2, -0.15) is 0 Å². The van der Waals surface area contributed by atoms with Crippen molar-refractivity contribution in [3.05, 3.63) is 45.9 Å². The molecule has 0 atom stereocenters. The van der Waals surface area contributed by atoms with E-state index in [2.05, 4.69) is 0 Å². The summed E-state index contributed by atoms with van der Waals surface area (Å²) in [6.45, 7) is 0. The van der Waals surface area contributed by atoms with Gasteiger partial charge >= 0.3 is 0 Å². The number of methoxy groups -OCH3 is 1. The summed E-state index contributed by atoms with van der Waals surface area (Å²) < 4.78 is 4.70. The fourth-order valence-corrected chi connectivity index (χ4v) is 1.85. The molecule has 0 saturated carbocycles. The third-order valence-electron chi connectivity index (χ3n) is 2.33. The van der Waals surface area contributed by atoms with Crippen LogP contribution >= 0.6 is 11.6 Å². The molecule has 0 aliphatic heterocycles. The van der Waals surface area contributed by atoms with Crippen LogP contribution in [0.5, 0.6) is 0 Å². The number of benzene rings is 1. The fourth-order valence-electron chi connectivity index (χ4n) is 1.59. The number of aliphatic hydroxyl groups excluding tert-OH is 1. The van der Waals surface area contributed by atoms with E-state index in [-0.39, 0.29) is 21.9 Å². The molecular weight excluding hydrogens is 232 g/mol. The summed E-state index contributed by atoms with van der Waals surface area (Å²) in [4.78, 5) is 23.5. The lowest BCUT2D eigenvalue weighted by atomic mass is 9.92. The largest absolute Gasteiger partial charge is 0.501 e. The molecule has 0 amide bonds. The van der Waals surface area contributed by atoms with Crippen molar-refractivity contribution in [2.75, 3.05) is 7.11 Å². The first-order chi connectivity index (χ1) is 7.57. The normalized spacial score (nSPS) is 15.1. The minimum atomic E-state index is -0.678. The Labute approximate surface area is 96.1 Å². The SMILES string of the molecule is COC1=C(O)C(=O)c2cccc(Cl)c2C1=O. The van der Waals surface area contributed by atoms with Crippen LogP contribution in [0.25, 0.3) is 0 Å². The topological polar surface area (TPSA) is 63.6 Å². The molecule has 0 aromatic heterocycles. The molecule has 82 valence electrons. The summed E-state index contributed by atoms with van der Waals surface area (Å²) >= 11 is 5.84. The number of fused-ring (bicyclic) bond motifs is 1. The average Bonchev–Trinajstić information content (AvgIpc) is 2.26. The summed E-state index contributed by atoms with van der Waals surface area (Å²) in [5, 5.41) is 9.65. The van der Waals surface area contributed by atoms with Gasteiger partial charge in [0.15, 0.2) is 0 Å². The lowest BCUT2D eigenvalue weighted by Gasteiger charge is -2.17. The van der Waals surface area contributed by atoms with Crippen LogP contribution in [0.3, 0.4) is 0 Å². The molecule has 0 unspecified atom stereocenters. The van der Waals surface area contributed by atoms with Gasteiger partial charge in [-0.05, 0) is 6.07 Å². The number of Topliss-reactive ketones (excluding diaryl/α,β-unsaturated/α-hetero) is 2. The number of ether oxygens (including phenoxy) is 1. The number of hydrogen-bond donors (Lipinski definition) is 1. The maximum absolute atomic E-state index is 11.8. The molecule has 0 fully saturated rings. The Hall–Kier alpha value is -1.81. The molecule has 4 nitrogen and oxygen atoms in total. The van der Waals surface area contributed by atoms with E-state index in [1.54, 1.807) is 0 Å². The number of ketones is 2. The molecule has 16 heavy (non-hydrogen) atoms. The van der Waals surface area contributed by atoms with E-state index < -0.39 is 17.3 Å². The molecule has 1 aromatic carbocycles. The minimum absolute atomic E-state index is 0.0730. The number of carbonyl (C=O) groups is 2. The van der Waals surface area contributed by atoms with Crippen LogP contribution in [0.15, 0.2) is 29.7 Å². The monoisotopic (exact) mass is 238 g/mol. The quantitative estimate of drug-likeness (QED) is 0.814. The molecule has 1 aromatic rings. The van der Waals surface area contributed by atoms with Gasteiger partial charge in [0, 0.05) is 5.56 Å². The highest BCUT2D eigenvalue weighted by Gasteiger charge is 2.34. The second-order valence-corrected chi connectivity index (χ2v) is 3.61. The zero-order chi connectivity index (χ0) is 11.9. The van der Waals surface area contributed by atoms with Crippen LogP contribution < -0.4 is 0 Å². The van der Waals surface area contributed by atoms with Gasteiger partial charge in [0.05, 0.1) is 17.7 Å². The smallest absolute Gasteiger partial charge is 0.233 e. The molecule has 0 saturated heterocycles. The Morgan fingerprint density at radius 2 is 1.94 bits per heavy atom. The Morgan fingerprint density at radius 1 is 1.25 bits per heavy atom. The van der Waals surface area contributed by atoms with E-state index in [1.165, 1.54) is 25.3 Å². The predicted molar refractivity (Wildman–Crippen MR) is 56.8 cm³/mol. The van der Waals surface area contributed by atoms with E-state index in [0.29, 0.717) is 0 Å². The average molecular weight is 239 g/mol. The van der Waals surface area contributed by atoms with E-state index in [4.69, 9.17) is 16.3 Å². The third-order valence-corrected chi connectivity index (χ3v) is 2.64. The maximum atomic E-state index is 11.8. The predicted octanol–water partition coefficient (Wildman–Crippen LogP) is 2.14. The van der Waals surface area contributed by atoms with E-state index in [9.17, 15) is 14.7 Å². The van der Waals surface area contributed by atoms with E-state index in [0.717, 1.165) is 0 Å². The van der Waals surface area contributed by atoms with Crippen LogP contribution in [0.2, 0.25) is 5.02 Å². The van der Waals surface area contributed by atoms with Crippen LogP contribution in [0, 0.1) is 0 Å². The van der Waals surface area contributed by atoms with Crippen molar-refractivity contribution in [2.45, 2.75) is 0 Å². The maximum Gasteiger partial charge on any atom is 0.233 e. The first-order valence-electron chi connectivity index (χ1n) is 4.43. The molecule has 0 spiro atoms. The van der Waals surface area contributed by atoms with Gasteiger partial charge < -0.3 is 9.84 Å². The summed E-state index contributed by atoms with van der Waals surface area (Å²) in [7, 11) is 1.21. The van der Waals surface area contributed by atoms with Crippen molar-refractivity contribution in [3.8, 4) is 0 Å². The van der Waals surface area contributed by atoms with Gasteiger partial charge in [0.2, 0.25) is 23.1 Å². The fraction of sp³-hybridized carbons (Fsp3) is 0.0909. The van der Waals surface area contributed by atoms with Crippen LogP contribution in [-0.4, -0.2) is 23.8 Å². The van der Waals surface area contributed by atoms with Gasteiger partial charge in [-0.1, -0.05) is 23.7 Å². The molecule has 0 radical (unpaired) electrons.